The normalized spacial score (nSPS) is 19.4. The summed E-state index contributed by atoms with van der Waals surface area (Å²) in [5, 5.41) is 7.61. The van der Waals surface area contributed by atoms with Crippen LogP contribution >= 0.6 is 0 Å². The maximum Gasteiger partial charge on any atom is 0.273 e. The molecule has 1 aliphatic heterocycles. The van der Waals surface area contributed by atoms with Crippen molar-refractivity contribution in [3.05, 3.63) is 71.4 Å². The van der Waals surface area contributed by atoms with Crippen LogP contribution in [0, 0.1) is 0 Å². The zero-order chi connectivity index (χ0) is 19.8. The summed E-state index contributed by atoms with van der Waals surface area (Å²) in [4.78, 5) is 15.6. The van der Waals surface area contributed by atoms with Crippen LogP contribution in [0.25, 0.3) is 11.3 Å². The van der Waals surface area contributed by atoms with Crippen LogP contribution in [0.1, 0.15) is 59.8 Å². The quantitative estimate of drug-likeness (QED) is 0.688. The van der Waals surface area contributed by atoms with E-state index in [0.29, 0.717) is 5.69 Å². The minimum atomic E-state index is -0.125. The van der Waals surface area contributed by atoms with Crippen LogP contribution in [-0.4, -0.2) is 34.2 Å². The van der Waals surface area contributed by atoms with Crippen LogP contribution in [0.5, 0.6) is 5.75 Å². The van der Waals surface area contributed by atoms with Crippen molar-refractivity contribution in [2.24, 2.45) is 0 Å². The number of aromatic nitrogens is 2. The van der Waals surface area contributed by atoms with Gasteiger partial charge in [-0.1, -0.05) is 61.7 Å². The zero-order valence-electron chi connectivity index (χ0n) is 16.6. The summed E-state index contributed by atoms with van der Waals surface area (Å²) in [6.45, 7) is 0. The standard InChI is InChI=1S/C24H25N3O2/c1-29-19-14-12-17(13-15-19)23-20-21(16-8-4-2-5-9-16)25-26-22(20)24(28)27(23)18-10-6-3-7-11-18/h2,4-5,8-9,12-15,18,23H,3,6-7,10-11H2,1H3,(H,25,26). The number of carbonyl (C=O) groups excluding carboxylic acids is 1. The van der Waals surface area contributed by atoms with Crippen LogP contribution in [0.3, 0.4) is 0 Å². The first-order valence-corrected chi connectivity index (χ1v) is 10.4. The Morgan fingerprint density at radius 1 is 1.00 bits per heavy atom. The van der Waals surface area contributed by atoms with Crippen molar-refractivity contribution in [2.45, 2.75) is 44.2 Å². The Hall–Kier alpha value is -3.08. The van der Waals surface area contributed by atoms with Crippen LogP contribution in [0.2, 0.25) is 0 Å². The fourth-order valence-corrected chi connectivity index (χ4v) is 4.83. The molecule has 5 heteroatoms. The molecule has 5 nitrogen and oxygen atoms in total. The molecule has 5 rings (SSSR count). The predicted molar refractivity (Wildman–Crippen MR) is 112 cm³/mol. The van der Waals surface area contributed by atoms with Gasteiger partial charge in [0, 0.05) is 17.2 Å². The van der Waals surface area contributed by atoms with Gasteiger partial charge in [-0.3, -0.25) is 9.89 Å². The van der Waals surface area contributed by atoms with E-state index in [2.05, 4.69) is 39.4 Å². The predicted octanol–water partition coefficient (Wildman–Crippen LogP) is 4.96. The van der Waals surface area contributed by atoms with Crippen molar-refractivity contribution in [1.29, 1.82) is 0 Å². The number of methoxy groups -OCH3 is 1. The van der Waals surface area contributed by atoms with Gasteiger partial charge in [0.05, 0.1) is 18.8 Å². The van der Waals surface area contributed by atoms with E-state index in [1.54, 1.807) is 7.11 Å². The Kier molecular flexibility index (Phi) is 4.58. The molecule has 1 fully saturated rings. The molecular formula is C24H25N3O2. The first-order chi connectivity index (χ1) is 14.3. The highest BCUT2D eigenvalue weighted by molar-refractivity contribution is 6.00. The second kappa shape index (κ2) is 7.39. The number of carbonyl (C=O) groups is 1. The van der Waals surface area contributed by atoms with Gasteiger partial charge in [-0.05, 0) is 30.5 Å². The number of nitrogens with one attached hydrogen (secondary N) is 1. The van der Waals surface area contributed by atoms with Crippen molar-refractivity contribution in [2.75, 3.05) is 7.11 Å². The van der Waals surface area contributed by atoms with Crippen molar-refractivity contribution < 1.29 is 9.53 Å². The van der Waals surface area contributed by atoms with Crippen molar-refractivity contribution in [3.8, 4) is 17.0 Å². The molecule has 0 bridgehead atoms. The van der Waals surface area contributed by atoms with Gasteiger partial charge < -0.3 is 9.64 Å². The number of amides is 1. The van der Waals surface area contributed by atoms with Crippen LogP contribution in [0.4, 0.5) is 0 Å². The molecule has 2 heterocycles. The Bertz CT molecular complexity index is 1000. The number of rotatable bonds is 4. The Labute approximate surface area is 170 Å². The third-order valence-electron chi connectivity index (χ3n) is 6.25. The third kappa shape index (κ3) is 3.01. The summed E-state index contributed by atoms with van der Waals surface area (Å²) in [5.74, 6) is 0.889. The van der Waals surface area contributed by atoms with E-state index in [1.807, 2.05) is 30.3 Å². The molecule has 1 aromatic heterocycles. The molecular weight excluding hydrogens is 362 g/mol. The lowest BCUT2D eigenvalue weighted by Gasteiger charge is -2.36. The lowest BCUT2D eigenvalue weighted by Crippen LogP contribution is -2.40. The van der Waals surface area contributed by atoms with E-state index in [9.17, 15) is 4.79 Å². The first kappa shape index (κ1) is 18.0. The summed E-state index contributed by atoms with van der Waals surface area (Å²) in [5.41, 5.74) is 4.63. The third-order valence-corrected chi connectivity index (χ3v) is 6.25. The van der Waals surface area contributed by atoms with Gasteiger partial charge in [0.15, 0.2) is 0 Å². The van der Waals surface area contributed by atoms with Crippen LogP contribution < -0.4 is 4.74 Å². The van der Waals surface area contributed by atoms with Gasteiger partial charge in [-0.15, -0.1) is 0 Å². The van der Waals surface area contributed by atoms with Gasteiger partial charge in [-0.25, -0.2) is 0 Å². The van der Waals surface area contributed by atoms with Gasteiger partial charge >= 0.3 is 0 Å². The second-order valence-corrected chi connectivity index (χ2v) is 7.91. The summed E-state index contributed by atoms with van der Waals surface area (Å²) in [6, 6.07) is 18.4. The van der Waals surface area contributed by atoms with Gasteiger partial charge in [0.1, 0.15) is 11.4 Å². The maximum atomic E-state index is 13.5. The molecule has 2 aromatic carbocycles. The van der Waals surface area contributed by atoms with E-state index in [-0.39, 0.29) is 18.0 Å². The number of H-pyrrole nitrogens is 1. The molecule has 3 aromatic rings. The molecule has 1 saturated carbocycles. The first-order valence-electron chi connectivity index (χ1n) is 10.4. The van der Waals surface area contributed by atoms with Gasteiger partial charge in [-0.2, -0.15) is 5.10 Å². The molecule has 1 amide bonds. The lowest BCUT2D eigenvalue weighted by molar-refractivity contribution is 0.0606. The number of hydrogen-bond donors (Lipinski definition) is 1. The average Bonchev–Trinajstić information content (AvgIpc) is 3.34. The monoisotopic (exact) mass is 387 g/mol. The molecule has 148 valence electrons. The van der Waals surface area contributed by atoms with E-state index in [0.717, 1.165) is 41.0 Å². The van der Waals surface area contributed by atoms with E-state index in [1.165, 1.54) is 19.3 Å². The zero-order valence-corrected chi connectivity index (χ0v) is 16.6. The summed E-state index contributed by atoms with van der Waals surface area (Å²) in [7, 11) is 1.67. The van der Waals surface area contributed by atoms with E-state index < -0.39 is 0 Å². The SMILES string of the molecule is COc1ccc(C2c3c(-c4ccccc4)n[nH]c3C(=O)N2C2CCCCC2)cc1. The topological polar surface area (TPSA) is 58.2 Å². The fourth-order valence-electron chi connectivity index (χ4n) is 4.83. The van der Waals surface area contributed by atoms with Gasteiger partial charge in [0.2, 0.25) is 0 Å². The fraction of sp³-hybridized carbons (Fsp3) is 0.333. The highest BCUT2D eigenvalue weighted by Crippen LogP contribution is 2.45. The van der Waals surface area contributed by atoms with Crippen LogP contribution in [0.15, 0.2) is 54.6 Å². The molecule has 1 unspecified atom stereocenters. The second-order valence-electron chi connectivity index (χ2n) is 7.91. The minimum absolute atomic E-state index is 0.0717. The van der Waals surface area contributed by atoms with Crippen molar-refractivity contribution in [3.63, 3.8) is 0 Å². The smallest absolute Gasteiger partial charge is 0.273 e. The molecule has 0 saturated heterocycles. The summed E-state index contributed by atoms with van der Waals surface area (Å²) >= 11 is 0. The van der Waals surface area contributed by atoms with Gasteiger partial charge in [0.25, 0.3) is 5.91 Å². The summed E-state index contributed by atoms with van der Waals surface area (Å²) < 4.78 is 5.34. The summed E-state index contributed by atoms with van der Waals surface area (Å²) in [6.07, 6.45) is 5.75. The molecule has 2 aliphatic rings. The minimum Gasteiger partial charge on any atom is -0.497 e. The van der Waals surface area contributed by atoms with E-state index in [4.69, 9.17) is 4.74 Å². The number of nitrogens with zero attached hydrogens (tertiary/aromatic N) is 2. The Balaban J connectivity index is 1.65. The lowest BCUT2D eigenvalue weighted by atomic mass is 9.91. The van der Waals surface area contributed by atoms with Crippen molar-refractivity contribution in [1.82, 2.24) is 15.1 Å². The molecule has 1 N–H and O–H groups in total. The molecule has 1 aliphatic carbocycles. The molecule has 0 spiro atoms. The highest BCUT2D eigenvalue weighted by Gasteiger charge is 2.45. The number of benzene rings is 2. The Morgan fingerprint density at radius 3 is 2.41 bits per heavy atom. The molecule has 1 atom stereocenters. The average molecular weight is 387 g/mol. The largest absolute Gasteiger partial charge is 0.497 e. The van der Waals surface area contributed by atoms with Crippen molar-refractivity contribution >= 4 is 5.91 Å². The number of hydrogen-bond acceptors (Lipinski definition) is 3. The number of aromatic amines is 1. The number of fused-ring (bicyclic) bond motifs is 1. The van der Waals surface area contributed by atoms with Crippen LogP contribution in [-0.2, 0) is 0 Å². The highest BCUT2D eigenvalue weighted by atomic mass is 16.5. The maximum absolute atomic E-state index is 13.5. The molecule has 0 radical (unpaired) electrons. The number of ether oxygens (including phenoxy) is 1. The van der Waals surface area contributed by atoms with E-state index >= 15 is 0 Å². The molecule has 29 heavy (non-hydrogen) atoms. The Morgan fingerprint density at radius 2 is 1.72 bits per heavy atom.